The molecule has 0 fully saturated rings. The fraction of sp³-hybridized carbons (Fsp3) is 0.100. The molecule has 0 aliphatic carbocycles. The van der Waals surface area contributed by atoms with Gasteiger partial charge in [0.25, 0.3) is 0 Å². The highest BCUT2D eigenvalue weighted by molar-refractivity contribution is 9.13. The quantitative estimate of drug-likeness (QED) is 0.638. The lowest BCUT2D eigenvalue weighted by Crippen LogP contribution is -1.88. The normalized spacial score (nSPS) is 10.9. The van der Waals surface area contributed by atoms with Crippen molar-refractivity contribution in [1.29, 1.82) is 0 Å². The third-order valence-corrected chi connectivity index (χ3v) is 4.97. The molecule has 0 saturated carbocycles. The van der Waals surface area contributed by atoms with Crippen LogP contribution in [0.2, 0.25) is 0 Å². The van der Waals surface area contributed by atoms with E-state index in [9.17, 15) is 0 Å². The average molecular weight is 380 g/mol. The predicted molar refractivity (Wildman–Crippen MR) is 69.6 cm³/mol. The lowest BCUT2D eigenvalue weighted by atomic mass is 10.2. The molecule has 0 unspecified atom stereocenters. The number of aromatic nitrogens is 1. The number of halogens is 3. The molecule has 1 nitrogen and oxygen atoms in total. The summed E-state index contributed by atoms with van der Waals surface area (Å²) in [6.45, 7) is 1.98. The summed E-state index contributed by atoms with van der Waals surface area (Å²) in [6, 6.07) is 6.00. The summed E-state index contributed by atoms with van der Waals surface area (Å²) < 4.78 is 3.11. The van der Waals surface area contributed by atoms with Crippen LogP contribution in [0.25, 0.3) is 10.9 Å². The molecule has 0 amide bonds. The van der Waals surface area contributed by atoms with E-state index >= 15 is 0 Å². The first kappa shape index (κ1) is 10.6. The second-order valence-electron chi connectivity index (χ2n) is 2.96. The van der Waals surface area contributed by atoms with Crippen LogP contribution < -0.4 is 0 Å². The third kappa shape index (κ3) is 1.64. The number of benzene rings is 1. The van der Waals surface area contributed by atoms with Gasteiger partial charge in [0.1, 0.15) is 0 Å². The average Bonchev–Trinajstić information content (AvgIpc) is 2.14. The fourth-order valence-electron chi connectivity index (χ4n) is 1.32. The maximum Gasteiger partial charge on any atom is 0.0728 e. The SMILES string of the molecule is Cc1nc2cccc(Br)c2c(Br)c1Br. The molecule has 0 bridgehead atoms. The van der Waals surface area contributed by atoms with E-state index < -0.39 is 0 Å². The molecule has 2 aromatic rings. The molecule has 14 heavy (non-hydrogen) atoms. The zero-order valence-electron chi connectivity index (χ0n) is 7.31. The van der Waals surface area contributed by atoms with E-state index in [-0.39, 0.29) is 0 Å². The standard InChI is InChI=1S/C10H6Br3N/c1-5-9(12)10(13)8-6(11)3-2-4-7(8)14-5/h2-4H,1H3. The van der Waals surface area contributed by atoms with E-state index in [2.05, 4.69) is 52.8 Å². The summed E-state index contributed by atoms with van der Waals surface area (Å²) in [7, 11) is 0. The van der Waals surface area contributed by atoms with Crippen molar-refractivity contribution in [2.45, 2.75) is 6.92 Å². The van der Waals surface area contributed by atoms with Gasteiger partial charge in [0, 0.05) is 14.3 Å². The lowest BCUT2D eigenvalue weighted by molar-refractivity contribution is 1.22. The van der Waals surface area contributed by atoms with E-state index in [0.717, 1.165) is 30.0 Å². The molecular weight excluding hydrogens is 374 g/mol. The summed E-state index contributed by atoms with van der Waals surface area (Å²) in [4.78, 5) is 4.49. The number of fused-ring (bicyclic) bond motifs is 1. The largest absolute Gasteiger partial charge is 0.252 e. The van der Waals surface area contributed by atoms with Crippen molar-refractivity contribution in [2.75, 3.05) is 0 Å². The molecular formula is C10H6Br3N. The van der Waals surface area contributed by atoms with Crippen molar-refractivity contribution < 1.29 is 0 Å². The molecule has 0 atom stereocenters. The third-order valence-electron chi connectivity index (χ3n) is 2.01. The molecule has 1 aromatic heterocycles. The van der Waals surface area contributed by atoms with Gasteiger partial charge in [0.2, 0.25) is 0 Å². The molecule has 4 heteroatoms. The monoisotopic (exact) mass is 377 g/mol. The van der Waals surface area contributed by atoms with Gasteiger partial charge in [-0.25, -0.2) is 0 Å². The number of nitrogens with zero attached hydrogens (tertiary/aromatic N) is 1. The Kier molecular flexibility index (Phi) is 2.96. The minimum absolute atomic E-state index is 0.988. The van der Waals surface area contributed by atoms with Crippen LogP contribution in [0.3, 0.4) is 0 Å². The molecule has 0 saturated heterocycles. The molecule has 1 heterocycles. The Balaban J connectivity index is 2.99. The Morgan fingerprint density at radius 1 is 1.07 bits per heavy atom. The van der Waals surface area contributed by atoms with Crippen LogP contribution in [0.4, 0.5) is 0 Å². The van der Waals surface area contributed by atoms with Crippen molar-refractivity contribution in [3.05, 3.63) is 37.3 Å². The smallest absolute Gasteiger partial charge is 0.0728 e. The van der Waals surface area contributed by atoms with E-state index in [4.69, 9.17) is 0 Å². The highest BCUT2D eigenvalue weighted by atomic mass is 79.9. The Hall–Kier alpha value is 0.0700. The van der Waals surface area contributed by atoms with Gasteiger partial charge in [-0.3, -0.25) is 4.98 Å². The molecule has 72 valence electrons. The maximum atomic E-state index is 4.49. The van der Waals surface area contributed by atoms with Gasteiger partial charge < -0.3 is 0 Å². The molecule has 0 spiro atoms. The summed E-state index contributed by atoms with van der Waals surface area (Å²) >= 11 is 10.6. The van der Waals surface area contributed by atoms with Crippen LogP contribution in [-0.4, -0.2) is 4.98 Å². The number of pyridine rings is 1. The summed E-state index contributed by atoms with van der Waals surface area (Å²) in [5, 5.41) is 1.10. The van der Waals surface area contributed by atoms with Crippen LogP contribution in [0.5, 0.6) is 0 Å². The minimum Gasteiger partial charge on any atom is -0.252 e. The molecule has 1 aromatic carbocycles. The van der Waals surface area contributed by atoms with Crippen molar-refractivity contribution in [3.8, 4) is 0 Å². The van der Waals surface area contributed by atoms with Gasteiger partial charge in [-0.15, -0.1) is 0 Å². The molecule has 0 aliphatic rings. The van der Waals surface area contributed by atoms with E-state index in [1.165, 1.54) is 0 Å². The summed E-state index contributed by atoms with van der Waals surface area (Å²) in [5.74, 6) is 0. The van der Waals surface area contributed by atoms with Gasteiger partial charge >= 0.3 is 0 Å². The molecule has 0 N–H and O–H groups in total. The van der Waals surface area contributed by atoms with Gasteiger partial charge in [-0.05, 0) is 50.9 Å². The van der Waals surface area contributed by atoms with Gasteiger partial charge in [0.05, 0.1) is 15.7 Å². The first-order chi connectivity index (χ1) is 6.61. The number of hydrogen-bond acceptors (Lipinski definition) is 1. The van der Waals surface area contributed by atoms with Crippen molar-refractivity contribution in [2.24, 2.45) is 0 Å². The van der Waals surface area contributed by atoms with Gasteiger partial charge in [-0.2, -0.15) is 0 Å². The molecule has 0 radical (unpaired) electrons. The molecule has 2 rings (SSSR count). The van der Waals surface area contributed by atoms with Crippen LogP contribution in [0, 0.1) is 6.92 Å². The topological polar surface area (TPSA) is 12.9 Å². The van der Waals surface area contributed by atoms with Crippen molar-refractivity contribution in [3.63, 3.8) is 0 Å². The maximum absolute atomic E-state index is 4.49. The Labute approximate surface area is 107 Å². The zero-order valence-corrected chi connectivity index (χ0v) is 12.1. The van der Waals surface area contributed by atoms with Crippen LogP contribution in [0.15, 0.2) is 31.6 Å². The van der Waals surface area contributed by atoms with Gasteiger partial charge in [0.15, 0.2) is 0 Å². The fourth-order valence-corrected chi connectivity index (χ4v) is 3.13. The highest BCUT2D eigenvalue weighted by Crippen LogP contribution is 2.36. The minimum atomic E-state index is 0.988. The van der Waals surface area contributed by atoms with Crippen LogP contribution in [-0.2, 0) is 0 Å². The van der Waals surface area contributed by atoms with Crippen molar-refractivity contribution in [1.82, 2.24) is 4.98 Å². The number of rotatable bonds is 0. The number of hydrogen-bond donors (Lipinski definition) is 0. The highest BCUT2D eigenvalue weighted by Gasteiger charge is 2.09. The first-order valence-corrected chi connectivity index (χ1v) is 6.39. The lowest BCUT2D eigenvalue weighted by Gasteiger charge is -2.07. The summed E-state index contributed by atoms with van der Waals surface area (Å²) in [6.07, 6.45) is 0. The van der Waals surface area contributed by atoms with E-state index in [1.807, 2.05) is 25.1 Å². The van der Waals surface area contributed by atoms with E-state index in [1.54, 1.807) is 0 Å². The van der Waals surface area contributed by atoms with Crippen LogP contribution >= 0.6 is 47.8 Å². The molecule has 0 aliphatic heterocycles. The van der Waals surface area contributed by atoms with Crippen LogP contribution in [0.1, 0.15) is 5.69 Å². The van der Waals surface area contributed by atoms with E-state index in [0.29, 0.717) is 0 Å². The van der Waals surface area contributed by atoms with Gasteiger partial charge in [-0.1, -0.05) is 22.0 Å². The Morgan fingerprint density at radius 2 is 1.79 bits per heavy atom. The second-order valence-corrected chi connectivity index (χ2v) is 5.40. The summed E-state index contributed by atoms with van der Waals surface area (Å²) in [5.41, 5.74) is 1.98. The Morgan fingerprint density at radius 3 is 2.50 bits per heavy atom. The van der Waals surface area contributed by atoms with Crippen molar-refractivity contribution >= 4 is 58.7 Å². The predicted octanol–water partition coefficient (Wildman–Crippen LogP) is 4.83. The second kappa shape index (κ2) is 3.91. The zero-order chi connectivity index (χ0) is 10.3. The number of aryl methyl sites for hydroxylation is 1. The first-order valence-electron chi connectivity index (χ1n) is 4.01. The Bertz CT molecular complexity index is 508.